The SMILES string of the molecule is COc1cc(/C=C/C(=O)O[C@@H]2[C@@H](O)[C@H](O)[C@@H](CO)O[C@H]2c2c(O)c([C@@H]3O[C@H](COC(=O)CC(C)(O)CC(=O)O)[C@@H](O)[C@H](O)[C@H]3O)c(O)c3c(=O)cc(-c4ccc(O)cc4)oc23)ccc1O. The summed E-state index contributed by atoms with van der Waals surface area (Å²) in [6, 6.07) is 10.1. The first-order valence-corrected chi connectivity index (χ1v) is 19.7. The van der Waals surface area contributed by atoms with E-state index in [2.05, 4.69) is 0 Å². The second-order valence-corrected chi connectivity index (χ2v) is 15.7. The van der Waals surface area contributed by atoms with Crippen molar-refractivity contribution < 1.29 is 104 Å². The summed E-state index contributed by atoms with van der Waals surface area (Å²) in [6.07, 6.45) is -20.0. The van der Waals surface area contributed by atoms with Crippen LogP contribution in [-0.4, -0.2) is 154 Å². The van der Waals surface area contributed by atoms with Gasteiger partial charge in [-0.25, -0.2) is 4.79 Å². The molecule has 0 spiro atoms. The van der Waals surface area contributed by atoms with E-state index < -0.39 is 150 Å². The number of methoxy groups -OCH3 is 1. The molecule has 1 aromatic heterocycles. The van der Waals surface area contributed by atoms with Crippen molar-refractivity contribution in [3.05, 3.63) is 81.5 Å². The van der Waals surface area contributed by atoms with Crippen LogP contribution in [0.3, 0.4) is 0 Å². The van der Waals surface area contributed by atoms with Crippen molar-refractivity contribution in [2.24, 2.45) is 0 Å². The van der Waals surface area contributed by atoms with Crippen molar-refractivity contribution in [1.82, 2.24) is 0 Å². The predicted molar refractivity (Wildman–Crippen MR) is 217 cm³/mol. The Kier molecular flexibility index (Phi) is 14.4. The lowest BCUT2D eigenvalue weighted by Crippen LogP contribution is -2.56. The summed E-state index contributed by atoms with van der Waals surface area (Å²) in [5.41, 5.74) is -4.96. The highest BCUT2D eigenvalue weighted by molar-refractivity contribution is 5.92. The second-order valence-electron chi connectivity index (χ2n) is 15.7. The van der Waals surface area contributed by atoms with Crippen molar-refractivity contribution in [3.8, 4) is 40.1 Å². The number of fused-ring (bicyclic) bond motifs is 1. The number of esters is 2. The highest BCUT2D eigenvalue weighted by atomic mass is 16.6. The van der Waals surface area contributed by atoms with Gasteiger partial charge in [0, 0.05) is 17.7 Å². The number of aliphatic carboxylic acids is 1. The number of aliphatic hydroxyl groups excluding tert-OH is 6. The number of aliphatic hydroxyl groups is 7. The Labute approximate surface area is 366 Å². The van der Waals surface area contributed by atoms with Crippen LogP contribution in [0.15, 0.2) is 63.8 Å². The number of ether oxygens (including phenoxy) is 5. The van der Waals surface area contributed by atoms with Crippen LogP contribution in [0.25, 0.3) is 28.4 Å². The minimum Gasteiger partial charge on any atom is -0.508 e. The van der Waals surface area contributed by atoms with Gasteiger partial charge in [0.15, 0.2) is 28.6 Å². The zero-order chi connectivity index (χ0) is 47.7. The summed E-state index contributed by atoms with van der Waals surface area (Å²) in [6.45, 7) is -0.876. The molecule has 2 aliphatic heterocycles. The lowest BCUT2D eigenvalue weighted by molar-refractivity contribution is -0.240. The molecule has 3 heterocycles. The van der Waals surface area contributed by atoms with E-state index in [1.165, 1.54) is 55.7 Å². The molecule has 350 valence electrons. The van der Waals surface area contributed by atoms with Gasteiger partial charge in [-0.2, -0.15) is 0 Å². The Bertz CT molecular complexity index is 2500. The quantitative estimate of drug-likeness (QED) is 0.0573. The van der Waals surface area contributed by atoms with Crippen LogP contribution in [0.1, 0.15) is 48.7 Å². The molecule has 12 N–H and O–H groups in total. The Hall–Kier alpha value is -6.34. The molecule has 65 heavy (non-hydrogen) atoms. The maximum atomic E-state index is 14.1. The van der Waals surface area contributed by atoms with Gasteiger partial charge in [0.25, 0.3) is 0 Å². The summed E-state index contributed by atoms with van der Waals surface area (Å²) >= 11 is 0. The van der Waals surface area contributed by atoms with Gasteiger partial charge in [-0.05, 0) is 55.0 Å². The molecule has 22 heteroatoms. The zero-order valence-corrected chi connectivity index (χ0v) is 34.3. The van der Waals surface area contributed by atoms with Gasteiger partial charge >= 0.3 is 17.9 Å². The molecule has 0 aliphatic carbocycles. The van der Waals surface area contributed by atoms with Gasteiger partial charge in [-0.3, -0.25) is 14.4 Å². The number of carbonyl (C=O) groups is 3. The summed E-state index contributed by atoms with van der Waals surface area (Å²) < 4.78 is 33.7. The molecular weight excluding hydrogens is 868 g/mol. The Morgan fingerprint density at radius 1 is 0.800 bits per heavy atom. The van der Waals surface area contributed by atoms with Gasteiger partial charge in [-0.1, -0.05) is 6.07 Å². The molecule has 0 amide bonds. The fraction of sp³-hybridized carbons (Fsp3) is 0.395. The van der Waals surface area contributed by atoms with Crippen molar-refractivity contribution in [1.29, 1.82) is 0 Å². The van der Waals surface area contributed by atoms with E-state index in [0.717, 1.165) is 19.1 Å². The molecule has 0 bridgehead atoms. The van der Waals surface area contributed by atoms with E-state index in [-0.39, 0.29) is 28.6 Å². The third-order valence-electron chi connectivity index (χ3n) is 10.8. The number of hydrogen-bond acceptors (Lipinski definition) is 21. The van der Waals surface area contributed by atoms with Crippen molar-refractivity contribution >= 4 is 35.0 Å². The zero-order valence-electron chi connectivity index (χ0n) is 34.3. The third kappa shape index (κ3) is 10.2. The van der Waals surface area contributed by atoms with Gasteiger partial charge in [0.05, 0.1) is 43.3 Å². The van der Waals surface area contributed by atoms with Gasteiger partial charge < -0.3 is 89.4 Å². The highest BCUT2D eigenvalue weighted by Gasteiger charge is 2.52. The maximum Gasteiger partial charge on any atom is 0.331 e. The number of carbonyl (C=O) groups excluding carboxylic acids is 2. The summed E-state index contributed by atoms with van der Waals surface area (Å²) in [5, 5.41) is 128. The minimum atomic E-state index is -2.26. The van der Waals surface area contributed by atoms with E-state index >= 15 is 0 Å². The van der Waals surface area contributed by atoms with Crippen LogP contribution < -0.4 is 10.2 Å². The topological polar surface area (TPSA) is 370 Å². The third-order valence-corrected chi connectivity index (χ3v) is 10.8. The van der Waals surface area contributed by atoms with Crippen LogP contribution in [0.4, 0.5) is 0 Å². The largest absolute Gasteiger partial charge is 0.508 e. The number of aromatic hydroxyl groups is 4. The average Bonchev–Trinajstić information content (AvgIpc) is 3.24. The molecule has 2 saturated heterocycles. The molecule has 11 atom stereocenters. The molecule has 3 aromatic carbocycles. The fourth-order valence-corrected chi connectivity index (χ4v) is 7.55. The maximum absolute atomic E-state index is 14.1. The van der Waals surface area contributed by atoms with Crippen molar-refractivity contribution in [3.63, 3.8) is 0 Å². The van der Waals surface area contributed by atoms with E-state index in [9.17, 15) is 75.3 Å². The van der Waals surface area contributed by atoms with Crippen LogP contribution >= 0.6 is 0 Å². The van der Waals surface area contributed by atoms with Crippen LogP contribution in [0, 0.1) is 0 Å². The van der Waals surface area contributed by atoms with Gasteiger partial charge in [0.1, 0.15) is 89.9 Å². The summed E-state index contributed by atoms with van der Waals surface area (Å²) in [7, 11) is 1.29. The van der Waals surface area contributed by atoms with E-state index in [0.29, 0.717) is 5.56 Å². The smallest absolute Gasteiger partial charge is 0.331 e. The highest BCUT2D eigenvalue weighted by Crippen LogP contribution is 2.51. The first-order valence-electron chi connectivity index (χ1n) is 19.7. The van der Waals surface area contributed by atoms with E-state index in [4.69, 9.17) is 33.2 Å². The Balaban J connectivity index is 1.49. The second kappa shape index (κ2) is 19.4. The van der Waals surface area contributed by atoms with E-state index in [1.54, 1.807) is 0 Å². The molecule has 0 saturated carbocycles. The summed E-state index contributed by atoms with van der Waals surface area (Å²) in [5.74, 6) is -6.71. The Morgan fingerprint density at radius 3 is 2.11 bits per heavy atom. The predicted octanol–water partition coefficient (Wildman–Crippen LogP) is -0.248. The van der Waals surface area contributed by atoms with E-state index in [1.807, 2.05) is 0 Å². The number of carboxylic acids is 1. The fourth-order valence-electron chi connectivity index (χ4n) is 7.55. The molecular formula is C43H46O22. The molecule has 2 aliphatic rings. The molecule has 0 radical (unpaired) electrons. The number of phenols is 4. The number of benzene rings is 3. The monoisotopic (exact) mass is 914 g/mol. The van der Waals surface area contributed by atoms with Gasteiger partial charge in [0.2, 0.25) is 0 Å². The Morgan fingerprint density at radius 2 is 1.46 bits per heavy atom. The normalized spacial score (nSPS) is 26.7. The van der Waals surface area contributed by atoms with Crippen molar-refractivity contribution in [2.75, 3.05) is 20.3 Å². The van der Waals surface area contributed by atoms with Crippen LogP contribution in [-0.2, 0) is 33.3 Å². The van der Waals surface area contributed by atoms with Crippen molar-refractivity contribution in [2.45, 2.75) is 86.4 Å². The molecule has 1 unspecified atom stereocenters. The van der Waals surface area contributed by atoms with Gasteiger partial charge in [-0.15, -0.1) is 0 Å². The lowest BCUT2D eigenvalue weighted by atomic mass is 9.85. The number of carboxylic acid groups (broad SMARTS) is 1. The molecule has 22 nitrogen and oxygen atoms in total. The standard InChI is InChI=1S/C43H46O22/c1-43(59,13-26(48)49)14-28(51)61-16-25-33(53)36(56)38(58)40(64-25)30-34(54)29-21(47)12-22(18-5-7-19(45)8-6-18)62-39(29)31(35(30)55)41-42(37(57)32(52)24(15-44)63-41)65-27(50)10-4-17-3-9-20(46)23(11-17)60-2/h3-12,24-25,32-33,36-38,40-42,44-46,52-59H,13-16H2,1-2H3,(H,48,49)/b10-4+/t24-,25-,32-,33-,36+,37+,38-,40+,41+,42-,43?/m1/s1. The van der Waals surface area contributed by atoms with Crippen LogP contribution in [0.5, 0.6) is 28.7 Å². The number of phenolic OH excluding ortho intramolecular Hbond substituents is 4. The average molecular weight is 915 g/mol. The first kappa shape index (κ1) is 48.1. The molecule has 2 fully saturated rings. The minimum absolute atomic E-state index is 0.0529. The summed E-state index contributed by atoms with van der Waals surface area (Å²) in [4.78, 5) is 51.3. The molecule has 6 rings (SSSR count). The first-order chi connectivity index (χ1) is 30.7. The number of rotatable bonds is 14. The van der Waals surface area contributed by atoms with Crippen LogP contribution in [0.2, 0.25) is 0 Å². The number of hydrogen-bond donors (Lipinski definition) is 12. The lowest BCUT2D eigenvalue weighted by Gasteiger charge is -2.43. The molecule has 4 aromatic rings.